The van der Waals surface area contributed by atoms with Crippen LogP contribution in [-0.2, 0) is 11.4 Å². The van der Waals surface area contributed by atoms with Crippen LogP contribution in [0.2, 0.25) is 0 Å². The maximum Gasteiger partial charge on any atom is 0.243 e. The predicted octanol–water partition coefficient (Wildman–Crippen LogP) is 0.519. The number of aromatic nitrogens is 3. The highest BCUT2D eigenvalue weighted by molar-refractivity contribution is 7.71. The van der Waals surface area contributed by atoms with Gasteiger partial charge in [0, 0.05) is 6.04 Å². The monoisotopic (exact) mass is 244 g/mol. The highest BCUT2D eigenvalue weighted by atomic mass is 32.1. The number of carbonyl (C=O) groups is 1. The van der Waals surface area contributed by atoms with Gasteiger partial charge in [0.25, 0.3) is 0 Å². The van der Waals surface area contributed by atoms with Crippen LogP contribution < -0.4 is 5.32 Å². The van der Waals surface area contributed by atoms with Crippen molar-refractivity contribution < 1.29 is 9.90 Å². The second-order valence-electron chi connectivity index (χ2n) is 3.81. The molecule has 6 nitrogen and oxygen atoms in total. The van der Waals surface area contributed by atoms with Crippen LogP contribution in [0.1, 0.15) is 32.6 Å². The molecule has 90 valence electrons. The summed E-state index contributed by atoms with van der Waals surface area (Å²) in [5.74, 6) is 0.207. The Bertz CT molecular complexity index is 423. The van der Waals surface area contributed by atoms with Gasteiger partial charge in [0.15, 0.2) is 10.6 Å². The molecule has 0 bridgehead atoms. The summed E-state index contributed by atoms with van der Waals surface area (Å²) in [6, 6.07) is -0.426. The normalized spacial score (nSPS) is 12.8. The average Bonchev–Trinajstić information content (AvgIpc) is 2.57. The zero-order valence-corrected chi connectivity index (χ0v) is 10.3. The Morgan fingerprint density at radius 3 is 2.75 bits per heavy atom. The summed E-state index contributed by atoms with van der Waals surface area (Å²) in [4.78, 5) is 11.8. The van der Waals surface area contributed by atoms with Crippen LogP contribution >= 0.6 is 12.2 Å². The fraction of sp³-hybridized carbons (Fsp3) is 0.667. The quantitative estimate of drug-likeness (QED) is 0.674. The van der Waals surface area contributed by atoms with Gasteiger partial charge in [0.05, 0.1) is 0 Å². The van der Waals surface area contributed by atoms with Crippen LogP contribution in [0.5, 0.6) is 0 Å². The van der Waals surface area contributed by atoms with Crippen molar-refractivity contribution in [2.45, 2.75) is 39.5 Å². The molecule has 0 fully saturated rings. The molecule has 1 aromatic heterocycles. The van der Waals surface area contributed by atoms with Gasteiger partial charge < -0.3 is 10.4 Å². The summed E-state index contributed by atoms with van der Waals surface area (Å²) in [6.07, 6.45) is 0. The molecular formula is C9H16N4O2S. The van der Waals surface area contributed by atoms with Crippen molar-refractivity contribution in [3.8, 4) is 0 Å². The van der Waals surface area contributed by atoms with E-state index in [0.29, 0.717) is 10.6 Å². The number of amides is 1. The van der Waals surface area contributed by atoms with Crippen molar-refractivity contribution in [2.75, 3.05) is 0 Å². The molecule has 0 saturated carbocycles. The Morgan fingerprint density at radius 2 is 2.25 bits per heavy atom. The fourth-order valence-electron chi connectivity index (χ4n) is 1.37. The van der Waals surface area contributed by atoms with E-state index in [-0.39, 0.29) is 18.6 Å². The van der Waals surface area contributed by atoms with E-state index in [0.717, 1.165) is 0 Å². The van der Waals surface area contributed by atoms with Gasteiger partial charge in [-0.25, -0.2) is 0 Å². The molecule has 0 radical (unpaired) electrons. The molecule has 0 aliphatic carbocycles. The molecule has 0 saturated heterocycles. The number of hydrogen-bond acceptors (Lipinski definition) is 4. The molecule has 1 atom stereocenters. The molecule has 16 heavy (non-hydrogen) atoms. The molecular weight excluding hydrogens is 228 g/mol. The van der Waals surface area contributed by atoms with Crippen LogP contribution in [0, 0.1) is 4.77 Å². The topological polar surface area (TPSA) is 82.9 Å². The standard InChI is InChI=1S/C9H16N4O2S/c1-5(2)10-8(15)6(3)13-7(4-14)11-12-9(13)16/h5-6,14H,4H2,1-3H3,(H,10,15)(H,12,16). The third-order valence-corrected chi connectivity index (χ3v) is 2.40. The first-order valence-electron chi connectivity index (χ1n) is 5.04. The first kappa shape index (κ1) is 12.9. The van der Waals surface area contributed by atoms with Gasteiger partial charge in [0.1, 0.15) is 12.6 Å². The Morgan fingerprint density at radius 1 is 1.62 bits per heavy atom. The first-order valence-corrected chi connectivity index (χ1v) is 5.45. The van der Waals surface area contributed by atoms with Crippen molar-refractivity contribution in [3.05, 3.63) is 10.6 Å². The molecule has 1 heterocycles. The van der Waals surface area contributed by atoms with E-state index < -0.39 is 6.04 Å². The Hall–Kier alpha value is -1.21. The lowest BCUT2D eigenvalue weighted by atomic mass is 10.2. The number of nitrogens with zero attached hydrogens (tertiary/aromatic N) is 2. The summed E-state index contributed by atoms with van der Waals surface area (Å²) < 4.78 is 1.84. The van der Waals surface area contributed by atoms with E-state index in [1.54, 1.807) is 6.92 Å². The van der Waals surface area contributed by atoms with E-state index in [9.17, 15) is 4.79 Å². The van der Waals surface area contributed by atoms with Crippen LogP contribution in [0.25, 0.3) is 0 Å². The van der Waals surface area contributed by atoms with E-state index in [2.05, 4.69) is 15.5 Å². The smallest absolute Gasteiger partial charge is 0.243 e. The Labute approximate surface area is 98.7 Å². The van der Waals surface area contributed by atoms with E-state index in [1.807, 2.05) is 13.8 Å². The zero-order valence-electron chi connectivity index (χ0n) is 9.52. The number of aromatic amines is 1. The van der Waals surface area contributed by atoms with Crippen molar-refractivity contribution >= 4 is 18.1 Å². The fourth-order valence-corrected chi connectivity index (χ4v) is 1.68. The summed E-state index contributed by atoms with van der Waals surface area (Å²) in [7, 11) is 0. The largest absolute Gasteiger partial charge is 0.388 e. The van der Waals surface area contributed by atoms with Gasteiger partial charge in [-0.2, -0.15) is 5.10 Å². The molecule has 0 aliphatic rings. The molecule has 0 aliphatic heterocycles. The molecule has 0 aromatic carbocycles. The summed E-state index contributed by atoms with van der Waals surface area (Å²) in [5, 5.41) is 18.2. The first-order chi connectivity index (χ1) is 7.47. The lowest BCUT2D eigenvalue weighted by Gasteiger charge is -2.16. The molecule has 7 heteroatoms. The molecule has 0 spiro atoms. The van der Waals surface area contributed by atoms with Gasteiger partial charge >= 0.3 is 0 Å². The summed E-state index contributed by atoms with van der Waals surface area (Å²) in [5.41, 5.74) is 0. The Kier molecular flexibility index (Phi) is 4.19. The highest BCUT2D eigenvalue weighted by Gasteiger charge is 2.19. The maximum atomic E-state index is 11.8. The zero-order chi connectivity index (χ0) is 12.3. The molecule has 1 unspecified atom stereocenters. The van der Waals surface area contributed by atoms with E-state index in [4.69, 9.17) is 17.3 Å². The van der Waals surface area contributed by atoms with Gasteiger partial charge in [-0.15, -0.1) is 0 Å². The molecule has 1 rings (SSSR count). The van der Waals surface area contributed by atoms with E-state index in [1.165, 1.54) is 4.57 Å². The molecule has 3 N–H and O–H groups in total. The lowest BCUT2D eigenvalue weighted by molar-refractivity contribution is -0.124. The van der Waals surface area contributed by atoms with Gasteiger partial charge in [-0.1, -0.05) is 0 Å². The number of carbonyl (C=O) groups excluding carboxylic acids is 1. The second kappa shape index (κ2) is 5.22. The molecule has 1 amide bonds. The van der Waals surface area contributed by atoms with Gasteiger partial charge in [-0.3, -0.25) is 14.5 Å². The van der Waals surface area contributed by atoms with Crippen molar-refractivity contribution in [1.29, 1.82) is 0 Å². The SMILES string of the molecule is CC(C)NC(=O)C(C)n1c(CO)n[nH]c1=S. The minimum absolute atomic E-state index is 0.0635. The van der Waals surface area contributed by atoms with Crippen LogP contribution in [0.3, 0.4) is 0 Å². The van der Waals surface area contributed by atoms with Gasteiger partial charge in [0.2, 0.25) is 5.91 Å². The van der Waals surface area contributed by atoms with Crippen molar-refractivity contribution in [3.63, 3.8) is 0 Å². The minimum atomic E-state index is -0.490. The highest BCUT2D eigenvalue weighted by Crippen LogP contribution is 2.10. The predicted molar refractivity (Wildman–Crippen MR) is 61.3 cm³/mol. The number of rotatable bonds is 4. The number of nitrogens with one attached hydrogen (secondary N) is 2. The average molecular weight is 244 g/mol. The Balaban J connectivity index is 2.95. The van der Waals surface area contributed by atoms with E-state index >= 15 is 0 Å². The minimum Gasteiger partial charge on any atom is -0.388 e. The number of aliphatic hydroxyl groups excluding tert-OH is 1. The van der Waals surface area contributed by atoms with Crippen LogP contribution in [-0.4, -0.2) is 31.8 Å². The summed E-state index contributed by atoms with van der Waals surface area (Å²) in [6.45, 7) is 5.22. The number of aliphatic hydroxyl groups is 1. The number of H-pyrrole nitrogens is 1. The third-order valence-electron chi connectivity index (χ3n) is 2.12. The number of hydrogen-bond donors (Lipinski definition) is 3. The lowest BCUT2D eigenvalue weighted by Crippen LogP contribution is -2.36. The third kappa shape index (κ3) is 2.67. The van der Waals surface area contributed by atoms with Crippen LogP contribution in [0.15, 0.2) is 0 Å². The van der Waals surface area contributed by atoms with Crippen molar-refractivity contribution in [2.24, 2.45) is 0 Å². The maximum absolute atomic E-state index is 11.8. The van der Waals surface area contributed by atoms with Crippen LogP contribution in [0.4, 0.5) is 0 Å². The van der Waals surface area contributed by atoms with Crippen molar-refractivity contribution in [1.82, 2.24) is 20.1 Å². The second-order valence-corrected chi connectivity index (χ2v) is 4.20. The van der Waals surface area contributed by atoms with Gasteiger partial charge in [-0.05, 0) is 33.0 Å². The summed E-state index contributed by atoms with van der Waals surface area (Å²) >= 11 is 5.00. The molecule has 1 aromatic rings.